The second-order valence-electron chi connectivity index (χ2n) is 7.89. The van der Waals surface area contributed by atoms with Crippen LogP contribution < -0.4 is 0 Å². The van der Waals surface area contributed by atoms with Crippen molar-refractivity contribution in [2.45, 2.75) is 28.7 Å². The van der Waals surface area contributed by atoms with Crippen LogP contribution in [0.15, 0.2) is 58.3 Å². The molecule has 0 aromatic heterocycles. The Hall–Kier alpha value is -2.41. The molecule has 1 amide bonds. The zero-order valence-electron chi connectivity index (χ0n) is 17.6. The van der Waals surface area contributed by atoms with Gasteiger partial charge in [-0.1, -0.05) is 12.1 Å². The largest absolute Gasteiger partial charge is 0.339 e. The normalized spacial score (nSPS) is 20.8. The SMILES string of the molecule is O=C(C1CCCN1S(=O)(=O)c1ccccc1F)N1CCN(S(=O)(=O)c2ccc(F)cc2)CC1. The fourth-order valence-electron chi connectivity index (χ4n) is 4.17. The quantitative estimate of drug-likeness (QED) is 0.624. The first-order chi connectivity index (χ1) is 15.6. The Balaban J connectivity index is 1.46. The zero-order chi connectivity index (χ0) is 23.8. The van der Waals surface area contributed by atoms with Crippen LogP contribution >= 0.6 is 0 Å². The standard InChI is InChI=1S/C21H23F2N3O5S2/c22-16-7-9-17(10-8-16)32(28,29)25-14-12-24(13-15-25)21(27)19-5-3-11-26(19)33(30,31)20-6-2-1-4-18(20)23/h1-2,4,6-10,19H,3,5,11-15H2. The van der Waals surface area contributed by atoms with E-state index in [0.717, 1.165) is 22.5 Å². The van der Waals surface area contributed by atoms with E-state index in [-0.39, 0.29) is 37.6 Å². The third kappa shape index (κ3) is 4.52. The fourth-order valence-corrected chi connectivity index (χ4v) is 7.31. The van der Waals surface area contributed by atoms with Crippen molar-refractivity contribution in [2.75, 3.05) is 32.7 Å². The average molecular weight is 500 g/mol. The van der Waals surface area contributed by atoms with Crippen LogP contribution in [0.2, 0.25) is 0 Å². The third-order valence-corrected chi connectivity index (χ3v) is 9.77. The number of piperazine rings is 1. The molecule has 0 N–H and O–H groups in total. The molecular formula is C21H23F2N3O5S2. The Morgan fingerprint density at radius 2 is 1.45 bits per heavy atom. The van der Waals surface area contributed by atoms with Gasteiger partial charge in [0, 0.05) is 32.7 Å². The Bertz CT molecular complexity index is 1240. The minimum Gasteiger partial charge on any atom is -0.339 e. The van der Waals surface area contributed by atoms with E-state index < -0.39 is 48.5 Å². The summed E-state index contributed by atoms with van der Waals surface area (Å²) in [7, 11) is -8.04. The van der Waals surface area contributed by atoms with Crippen molar-refractivity contribution in [2.24, 2.45) is 0 Å². The molecule has 33 heavy (non-hydrogen) atoms. The van der Waals surface area contributed by atoms with Crippen molar-refractivity contribution < 1.29 is 30.4 Å². The lowest BCUT2D eigenvalue weighted by molar-refractivity contribution is -0.135. The van der Waals surface area contributed by atoms with Gasteiger partial charge in [0.1, 0.15) is 22.6 Å². The molecule has 0 saturated carbocycles. The number of carbonyl (C=O) groups is 1. The number of amides is 1. The molecule has 0 radical (unpaired) electrons. The molecule has 1 atom stereocenters. The fraction of sp³-hybridized carbons (Fsp3) is 0.381. The number of hydrogen-bond acceptors (Lipinski definition) is 5. The summed E-state index contributed by atoms with van der Waals surface area (Å²) >= 11 is 0. The molecule has 4 rings (SSSR count). The summed E-state index contributed by atoms with van der Waals surface area (Å²) < 4.78 is 81.1. The van der Waals surface area contributed by atoms with Crippen LogP contribution in [0.25, 0.3) is 0 Å². The van der Waals surface area contributed by atoms with Crippen molar-refractivity contribution in [3.05, 3.63) is 60.2 Å². The van der Waals surface area contributed by atoms with Gasteiger partial charge in [-0.2, -0.15) is 8.61 Å². The zero-order valence-corrected chi connectivity index (χ0v) is 19.2. The maximum atomic E-state index is 14.2. The lowest BCUT2D eigenvalue weighted by Gasteiger charge is -2.36. The van der Waals surface area contributed by atoms with Crippen molar-refractivity contribution >= 4 is 26.0 Å². The lowest BCUT2D eigenvalue weighted by Crippen LogP contribution is -2.55. The summed E-state index contributed by atoms with van der Waals surface area (Å²) in [5, 5.41) is 0. The summed E-state index contributed by atoms with van der Waals surface area (Å²) in [6.45, 7) is 0.329. The number of rotatable bonds is 5. The van der Waals surface area contributed by atoms with Gasteiger partial charge in [0.15, 0.2) is 0 Å². The van der Waals surface area contributed by atoms with E-state index in [1.807, 2.05) is 0 Å². The summed E-state index contributed by atoms with van der Waals surface area (Å²) in [5.74, 6) is -1.85. The van der Waals surface area contributed by atoms with Crippen LogP contribution in [0.1, 0.15) is 12.8 Å². The summed E-state index contributed by atoms with van der Waals surface area (Å²) in [6.07, 6.45) is 0.767. The predicted octanol–water partition coefficient (Wildman–Crippen LogP) is 1.65. The van der Waals surface area contributed by atoms with E-state index in [9.17, 15) is 30.4 Å². The summed E-state index contributed by atoms with van der Waals surface area (Å²) in [5.41, 5.74) is 0. The molecule has 2 heterocycles. The van der Waals surface area contributed by atoms with Gasteiger partial charge in [-0.3, -0.25) is 4.79 Å². The van der Waals surface area contributed by atoms with Gasteiger partial charge in [-0.05, 0) is 49.2 Å². The van der Waals surface area contributed by atoms with Gasteiger partial charge in [-0.25, -0.2) is 25.6 Å². The van der Waals surface area contributed by atoms with E-state index >= 15 is 0 Å². The predicted molar refractivity (Wildman–Crippen MR) is 115 cm³/mol. The molecule has 1 unspecified atom stereocenters. The second-order valence-corrected chi connectivity index (χ2v) is 11.7. The second kappa shape index (κ2) is 9.09. The monoisotopic (exact) mass is 499 g/mol. The minimum absolute atomic E-state index is 0.0260. The molecule has 0 bridgehead atoms. The highest BCUT2D eigenvalue weighted by atomic mass is 32.2. The molecule has 12 heteroatoms. The van der Waals surface area contributed by atoms with Crippen LogP contribution in [0, 0.1) is 11.6 Å². The molecule has 2 aromatic carbocycles. The maximum absolute atomic E-state index is 14.2. The Morgan fingerprint density at radius 3 is 2.09 bits per heavy atom. The molecule has 8 nitrogen and oxygen atoms in total. The molecule has 2 fully saturated rings. The van der Waals surface area contributed by atoms with E-state index in [1.165, 1.54) is 39.5 Å². The Kier molecular flexibility index (Phi) is 6.54. The molecule has 2 aromatic rings. The van der Waals surface area contributed by atoms with Gasteiger partial charge in [0.25, 0.3) is 0 Å². The highest BCUT2D eigenvalue weighted by Crippen LogP contribution is 2.29. The Labute approximate surface area is 191 Å². The maximum Gasteiger partial charge on any atom is 0.246 e. The van der Waals surface area contributed by atoms with Crippen molar-refractivity contribution in [3.8, 4) is 0 Å². The van der Waals surface area contributed by atoms with Gasteiger partial charge in [0.05, 0.1) is 4.90 Å². The molecule has 2 aliphatic heterocycles. The number of hydrogen-bond donors (Lipinski definition) is 0. The van der Waals surface area contributed by atoms with Crippen LogP contribution in [-0.4, -0.2) is 75.0 Å². The van der Waals surface area contributed by atoms with Gasteiger partial charge in [-0.15, -0.1) is 0 Å². The Morgan fingerprint density at radius 1 is 0.818 bits per heavy atom. The van der Waals surface area contributed by atoms with Crippen molar-refractivity contribution in [3.63, 3.8) is 0 Å². The summed E-state index contributed by atoms with van der Waals surface area (Å²) in [4.78, 5) is 14.1. The smallest absolute Gasteiger partial charge is 0.246 e. The number of sulfonamides is 2. The third-order valence-electron chi connectivity index (χ3n) is 5.91. The minimum atomic E-state index is -4.20. The molecule has 2 saturated heterocycles. The van der Waals surface area contributed by atoms with E-state index in [4.69, 9.17) is 0 Å². The number of nitrogens with zero attached hydrogens (tertiary/aromatic N) is 3. The van der Waals surface area contributed by atoms with Crippen molar-refractivity contribution in [1.82, 2.24) is 13.5 Å². The molecule has 2 aliphatic rings. The first-order valence-electron chi connectivity index (χ1n) is 10.4. The number of benzene rings is 2. The van der Waals surface area contributed by atoms with Gasteiger partial charge in [0.2, 0.25) is 26.0 Å². The van der Waals surface area contributed by atoms with Crippen molar-refractivity contribution in [1.29, 1.82) is 0 Å². The van der Waals surface area contributed by atoms with Gasteiger partial charge < -0.3 is 4.90 Å². The highest BCUT2D eigenvalue weighted by molar-refractivity contribution is 7.89. The van der Waals surface area contributed by atoms with Crippen LogP contribution in [0.5, 0.6) is 0 Å². The topological polar surface area (TPSA) is 95.1 Å². The van der Waals surface area contributed by atoms with E-state index in [2.05, 4.69) is 0 Å². The van der Waals surface area contributed by atoms with Crippen LogP contribution in [-0.2, 0) is 24.8 Å². The average Bonchev–Trinajstić information content (AvgIpc) is 3.30. The van der Waals surface area contributed by atoms with E-state index in [0.29, 0.717) is 12.8 Å². The first kappa shape index (κ1) is 23.7. The first-order valence-corrected chi connectivity index (χ1v) is 13.3. The molecular weight excluding hydrogens is 476 g/mol. The van der Waals surface area contributed by atoms with E-state index in [1.54, 1.807) is 0 Å². The molecule has 178 valence electrons. The summed E-state index contributed by atoms with van der Waals surface area (Å²) in [6, 6.07) is 8.58. The molecule has 0 aliphatic carbocycles. The molecule has 0 spiro atoms. The van der Waals surface area contributed by atoms with Crippen LogP contribution in [0.3, 0.4) is 0 Å². The number of carbonyl (C=O) groups excluding carboxylic acids is 1. The number of halogens is 2. The van der Waals surface area contributed by atoms with Crippen LogP contribution in [0.4, 0.5) is 8.78 Å². The van der Waals surface area contributed by atoms with Gasteiger partial charge >= 0.3 is 0 Å². The lowest BCUT2D eigenvalue weighted by atomic mass is 10.2. The highest BCUT2D eigenvalue weighted by Gasteiger charge is 2.43.